The van der Waals surface area contributed by atoms with Crippen LogP contribution in [0, 0.1) is 11.6 Å². The van der Waals surface area contributed by atoms with E-state index >= 15 is 0 Å². The molecule has 0 fully saturated rings. The van der Waals surface area contributed by atoms with Gasteiger partial charge in [-0.05, 0) is 24.3 Å². The zero-order valence-corrected chi connectivity index (χ0v) is 9.14. The Labute approximate surface area is 102 Å². The Morgan fingerprint density at radius 1 is 1.00 bits per heavy atom. The second-order valence-electron chi connectivity index (χ2n) is 3.53. The van der Waals surface area contributed by atoms with Gasteiger partial charge in [0.15, 0.2) is 0 Å². The van der Waals surface area contributed by atoms with Gasteiger partial charge >= 0.3 is 6.09 Å². The van der Waals surface area contributed by atoms with Crippen LogP contribution in [0.4, 0.5) is 25.0 Å². The number of nitrogens with zero attached hydrogens (tertiary/aromatic N) is 1. The van der Waals surface area contributed by atoms with Crippen LogP contribution < -0.4 is 4.90 Å². The van der Waals surface area contributed by atoms with E-state index in [2.05, 4.69) is 0 Å². The van der Waals surface area contributed by atoms with Crippen LogP contribution in [-0.2, 0) is 5.11 Å². The van der Waals surface area contributed by atoms with Gasteiger partial charge in [-0.25, -0.2) is 23.6 Å². The predicted octanol–water partition coefficient (Wildman–Crippen LogP) is 3.65. The molecule has 0 aliphatic rings. The maximum absolute atomic E-state index is 13.6. The summed E-state index contributed by atoms with van der Waals surface area (Å²) in [5, 5.41) is 11.1. The molecule has 2 aromatic carbocycles. The lowest BCUT2D eigenvalue weighted by molar-refractivity contribution is 0.179. The quantitative estimate of drug-likeness (QED) is 0.799. The van der Waals surface area contributed by atoms with E-state index in [9.17, 15) is 18.7 Å². The number of benzene rings is 2. The zero-order chi connectivity index (χ0) is 13.1. The fourth-order valence-electron chi connectivity index (χ4n) is 1.58. The van der Waals surface area contributed by atoms with E-state index in [4.69, 9.17) is 0 Å². The number of anilines is 2. The van der Waals surface area contributed by atoms with Crippen LogP contribution >= 0.6 is 0 Å². The number of hydrogen-bond donors (Lipinski definition) is 0. The second-order valence-corrected chi connectivity index (χ2v) is 3.53. The maximum atomic E-state index is 13.6. The Morgan fingerprint density at radius 3 is 2.22 bits per heavy atom. The molecule has 0 aliphatic heterocycles. The minimum Gasteiger partial charge on any atom is -0.240 e. The van der Waals surface area contributed by atoms with Crippen LogP contribution in [0.5, 0.6) is 0 Å². The number of halogens is 2. The third-order valence-corrected chi connectivity index (χ3v) is 2.35. The van der Waals surface area contributed by atoms with Crippen molar-refractivity contribution in [1.82, 2.24) is 0 Å². The number of rotatable bonds is 2. The molecule has 0 saturated carbocycles. The van der Waals surface area contributed by atoms with E-state index in [0.29, 0.717) is 11.0 Å². The third-order valence-electron chi connectivity index (χ3n) is 2.35. The number of carbonyl (C=O) groups is 1. The molecule has 0 aliphatic carbocycles. The minimum absolute atomic E-state index is 0.225. The molecule has 0 aromatic heterocycles. The highest BCUT2D eigenvalue weighted by molar-refractivity contribution is 5.94. The van der Waals surface area contributed by atoms with Gasteiger partial charge in [-0.15, -0.1) is 0 Å². The van der Waals surface area contributed by atoms with Crippen molar-refractivity contribution in [2.24, 2.45) is 0 Å². The van der Waals surface area contributed by atoms with Crippen LogP contribution in [-0.4, -0.2) is 6.09 Å². The summed E-state index contributed by atoms with van der Waals surface area (Å²) in [6.07, 6.45) is -1.59. The molecular weight excluding hydrogens is 240 g/mol. The highest BCUT2D eigenvalue weighted by Crippen LogP contribution is 2.28. The first-order chi connectivity index (χ1) is 8.59. The summed E-state index contributed by atoms with van der Waals surface area (Å²) in [5.74, 6) is -1.74. The normalized spacial score (nSPS) is 10.1. The standard InChI is InChI=1S/C13H8F2NO2/c14-9-6-7-12(11(15)8-9)16(13(17)18)10-4-2-1-3-5-10/h1-8H. The molecule has 1 amide bonds. The van der Waals surface area contributed by atoms with E-state index in [1.54, 1.807) is 18.2 Å². The van der Waals surface area contributed by atoms with Crippen LogP contribution in [0.3, 0.4) is 0 Å². The number of hydrogen-bond acceptors (Lipinski definition) is 1. The number of amides is 1. The van der Waals surface area contributed by atoms with Crippen molar-refractivity contribution in [3.05, 3.63) is 60.2 Å². The largest absolute Gasteiger partial charge is 0.462 e. The lowest BCUT2D eigenvalue weighted by atomic mass is 10.2. The summed E-state index contributed by atoms with van der Waals surface area (Å²) >= 11 is 0. The first-order valence-electron chi connectivity index (χ1n) is 5.11. The highest BCUT2D eigenvalue weighted by atomic mass is 19.1. The molecule has 2 rings (SSSR count). The fraction of sp³-hybridized carbons (Fsp3) is 0. The SMILES string of the molecule is [O]C(=O)N(c1ccccc1)c1ccc(F)cc1F. The Kier molecular flexibility index (Phi) is 3.23. The minimum atomic E-state index is -1.59. The molecule has 18 heavy (non-hydrogen) atoms. The van der Waals surface area contributed by atoms with Crippen LogP contribution in [0.1, 0.15) is 0 Å². The lowest BCUT2D eigenvalue weighted by Gasteiger charge is -2.18. The molecule has 0 spiro atoms. The van der Waals surface area contributed by atoms with Crippen molar-refractivity contribution < 1.29 is 18.7 Å². The van der Waals surface area contributed by atoms with Gasteiger partial charge in [-0.1, -0.05) is 18.2 Å². The van der Waals surface area contributed by atoms with Crippen molar-refractivity contribution >= 4 is 17.5 Å². The first kappa shape index (κ1) is 12.0. The zero-order valence-electron chi connectivity index (χ0n) is 9.14. The van der Waals surface area contributed by atoms with E-state index in [0.717, 1.165) is 12.1 Å². The van der Waals surface area contributed by atoms with E-state index < -0.39 is 17.7 Å². The smallest absolute Gasteiger partial charge is 0.240 e. The van der Waals surface area contributed by atoms with E-state index in [1.807, 2.05) is 0 Å². The molecular formula is C13H8F2NO2. The van der Waals surface area contributed by atoms with Gasteiger partial charge in [0, 0.05) is 6.07 Å². The summed E-state index contributed by atoms with van der Waals surface area (Å²) < 4.78 is 26.4. The van der Waals surface area contributed by atoms with Crippen LogP contribution in [0.2, 0.25) is 0 Å². The molecule has 1 radical (unpaired) electrons. The van der Waals surface area contributed by atoms with Crippen LogP contribution in [0.25, 0.3) is 0 Å². The Balaban J connectivity index is 2.52. The number of para-hydroxylation sites is 1. The molecule has 0 N–H and O–H groups in total. The second kappa shape index (κ2) is 4.83. The summed E-state index contributed by atoms with van der Waals surface area (Å²) in [7, 11) is 0. The molecule has 0 bridgehead atoms. The molecule has 3 nitrogen and oxygen atoms in total. The van der Waals surface area contributed by atoms with Crippen molar-refractivity contribution in [3.63, 3.8) is 0 Å². The van der Waals surface area contributed by atoms with Crippen LogP contribution in [0.15, 0.2) is 48.5 Å². The van der Waals surface area contributed by atoms with Gasteiger partial charge in [-0.2, -0.15) is 0 Å². The van der Waals surface area contributed by atoms with E-state index in [1.165, 1.54) is 12.1 Å². The number of carbonyl (C=O) groups excluding carboxylic acids is 1. The predicted molar refractivity (Wildman–Crippen MR) is 61.0 cm³/mol. The van der Waals surface area contributed by atoms with E-state index in [-0.39, 0.29) is 11.4 Å². The Morgan fingerprint density at radius 2 is 1.67 bits per heavy atom. The summed E-state index contributed by atoms with van der Waals surface area (Å²) in [6.45, 7) is 0. The Bertz CT molecular complexity index is 572. The molecule has 0 atom stereocenters. The summed E-state index contributed by atoms with van der Waals surface area (Å²) in [6, 6.07) is 10.5. The van der Waals surface area contributed by atoms with Crippen molar-refractivity contribution in [2.45, 2.75) is 0 Å². The average Bonchev–Trinajstić information content (AvgIpc) is 2.33. The Hall–Kier alpha value is -2.43. The molecule has 0 saturated heterocycles. The molecule has 0 unspecified atom stereocenters. The van der Waals surface area contributed by atoms with Gasteiger partial charge < -0.3 is 0 Å². The average molecular weight is 248 g/mol. The first-order valence-corrected chi connectivity index (χ1v) is 5.11. The highest BCUT2D eigenvalue weighted by Gasteiger charge is 2.21. The van der Waals surface area contributed by atoms with Gasteiger partial charge in [0.25, 0.3) is 0 Å². The lowest BCUT2D eigenvalue weighted by Crippen LogP contribution is -2.23. The van der Waals surface area contributed by atoms with Gasteiger partial charge in [0.05, 0.1) is 11.4 Å². The molecule has 0 heterocycles. The maximum Gasteiger partial charge on any atom is 0.462 e. The van der Waals surface area contributed by atoms with Crippen molar-refractivity contribution in [3.8, 4) is 0 Å². The summed E-state index contributed by atoms with van der Waals surface area (Å²) in [5.41, 5.74) is -0.0504. The molecule has 2 aromatic rings. The summed E-state index contributed by atoms with van der Waals surface area (Å²) in [4.78, 5) is 11.7. The van der Waals surface area contributed by atoms with Crippen molar-refractivity contribution in [1.29, 1.82) is 0 Å². The third kappa shape index (κ3) is 2.29. The topological polar surface area (TPSA) is 40.2 Å². The van der Waals surface area contributed by atoms with Gasteiger partial charge in [-0.3, -0.25) is 0 Å². The molecule has 5 heteroatoms. The molecule has 91 valence electrons. The van der Waals surface area contributed by atoms with Gasteiger partial charge in [0.1, 0.15) is 11.6 Å². The van der Waals surface area contributed by atoms with Gasteiger partial charge in [0.2, 0.25) is 0 Å². The van der Waals surface area contributed by atoms with Crippen molar-refractivity contribution in [2.75, 3.05) is 4.90 Å². The fourth-order valence-corrected chi connectivity index (χ4v) is 1.58. The monoisotopic (exact) mass is 248 g/mol.